The maximum Gasteiger partial charge on any atom is 0.490 e. The molecule has 0 radical (unpaired) electrons. The van der Waals surface area contributed by atoms with Gasteiger partial charge in [-0.25, -0.2) is 4.79 Å². The summed E-state index contributed by atoms with van der Waals surface area (Å²) in [4.78, 5) is 20.8. The van der Waals surface area contributed by atoms with Crippen LogP contribution >= 0.6 is 0 Å². The van der Waals surface area contributed by atoms with Crippen molar-refractivity contribution >= 4 is 17.6 Å². The highest BCUT2D eigenvalue weighted by Crippen LogP contribution is 2.32. The summed E-state index contributed by atoms with van der Waals surface area (Å²) < 4.78 is 37.4. The average Bonchev–Trinajstić information content (AvgIpc) is 3.04. The predicted octanol–water partition coefficient (Wildman–Crippen LogP) is 3.08. The van der Waals surface area contributed by atoms with Gasteiger partial charge in [0.2, 0.25) is 0 Å². The fourth-order valence-corrected chi connectivity index (χ4v) is 2.91. The Labute approximate surface area is 158 Å². The number of alkyl halides is 3. The molecule has 1 amide bonds. The number of halogens is 3. The van der Waals surface area contributed by atoms with E-state index in [4.69, 9.17) is 14.6 Å². The number of amides is 1. The Balaban J connectivity index is 0.000000279. The molecule has 0 bridgehead atoms. The maximum absolute atomic E-state index is 11.9. The van der Waals surface area contributed by atoms with Crippen molar-refractivity contribution in [3.63, 3.8) is 0 Å². The van der Waals surface area contributed by atoms with E-state index < -0.39 is 12.1 Å². The molecule has 0 saturated carbocycles. The van der Waals surface area contributed by atoms with E-state index in [2.05, 4.69) is 28.8 Å². The van der Waals surface area contributed by atoms with Gasteiger partial charge in [0, 0.05) is 12.2 Å². The van der Waals surface area contributed by atoms with Gasteiger partial charge in [0.1, 0.15) is 12.4 Å². The van der Waals surface area contributed by atoms with Gasteiger partial charge < -0.3 is 20.5 Å². The number of carbonyl (C=O) groups excluding carboxylic acids is 1. The zero-order valence-corrected chi connectivity index (χ0v) is 14.6. The standard InChI is InChI=1S/C17H16N2O2.C2HF3O2/c20-17-14-3-1-12(10-16(14)21-8-7-19-17)11-2-4-15-13(9-11)5-6-18-15;3-2(4,5)1(6)7/h1-4,9-10,18H,5-8H2,(H,19,20);(H,6,7). The number of aliphatic carboxylic acids is 1. The molecule has 2 aromatic rings. The van der Waals surface area contributed by atoms with Crippen LogP contribution in [0.25, 0.3) is 11.1 Å². The Morgan fingerprint density at radius 3 is 2.43 bits per heavy atom. The van der Waals surface area contributed by atoms with Crippen LogP contribution in [0.5, 0.6) is 5.75 Å². The number of hydrogen-bond acceptors (Lipinski definition) is 4. The number of nitrogens with one attached hydrogen (secondary N) is 2. The van der Waals surface area contributed by atoms with Crippen molar-refractivity contribution in [1.29, 1.82) is 0 Å². The van der Waals surface area contributed by atoms with Crippen LogP contribution < -0.4 is 15.4 Å². The minimum absolute atomic E-state index is 0.0628. The fraction of sp³-hybridized carbons (Fsp3) is 0.263. The molecule has 0 atom stereocenters. The molecule has 0 spiro atoms. The van der Waals surface area contributed by atoms with Gasteiger partial charge in [-0.05, 0) is 47.4 Å². The van der Waals surface area contributed by atoms with Gasteiger partial charge >= 0.3 is 12.1 Å². The second-order valence-corrected chi connectivity index (χ2v) is 6.17. The molecule has 9 heteroatoms. The highest BCUT2D eigenvalue weighted by molar-refractivity contribution is 5.98. The molecule has 2 heterocycles. The lowest BCUT2D eigenvalue weighted by Gasteiger charge is -2.10. The summed E-state index contributed by atoms with van der Waals surface area (Å²) in [5.74, 6) is -2.15. The molecule has 6 nitrogen and oxygen atoms in total. The Morgan fingerprint density at radius 1 is 1.04 bits per heavy atom. The summed E-state index contributed by atoms with van der Waals surface area (Å²) in [6.45, 7) is 2.07. The quantitative estimate of drug-likeness (QED) is 0.692. The van der Waals surface area contributed by atoms with E-state index in [0.717, 1.165) is 24.1 Å². The summed E-state index contributed by atoms with van der Waals surface area (Å²) in [6.07, 6.45) is -4.02. The minimum Gasteiger partial charge on any atom is -0.491 e. The van der Waals surface area contributed by atoms with Gasteiger partial charge in [-0.2, -0.15) is 13.2 Å². The second-order valence-electron chi connectivity index (χ2n) is 6.17. The van der Waals surface area contributed by atoms with Crippen molar-refractivity contribution in [2.24, 2.45) is 0 Å². The van der Waals surface area contributed by atoms with E-state index in [1.807, 2.05) is 18.2 Å². The summed E-state index contributed by atoms with van der Waals surface area (Å²) in [5, 5.41) is 13.3. The summed E-state index contributed by atoms with van der Waals surface area (Å²) in [6, 6.07) is 12.2. The number of ether oxygens (including phenoxy) is 1. The van der Waals surface area contributed by atoms with Crippen LogP contribution in [0.4, 0.5) is 18.9 Å². The van der Waals surface area contributed by atoms with Crippen molar-refractivity contribution in [2.75, 3.05) is 25.0 Å². The highest BCUT2D eigenvalue weighted by atomic mass is 19.4. The molecular weight excluding hydrogens is 377 g/mol. The summed E-state index contributed by atoms with van der Waals surface area (Å²) >= 11 is 0. The molecule has 0 aromatic heterocycles. The minimum atomic E-state index is -5.08. The van der Waals surface area contributed by atoms with Crippen molar-refractivity contribution in [2.45, 2.75) is 12.6 Å². The molecule has 2 aliphatic rings. The third-order valence-electron chi connectivity index (χ3n) is 4.26. The Morgan fingerprint density at radius 2 is 1.71 bits per heavy atom. The van der Waals surface area contributed by atoms with Gasteiger partial charge in [0.05, 0.1) is 12.1 Å². The van der Waals surface area contributed by atoms with Crippen LogP contribution in [-0.4, -0.2) is 42.9 Å². The molecule has 0 fully saturated rings. The number of carboxylic acids is 1. The van der Waals surface area contributed by atoms with Crippen LogP contribution in [-0.2, 0) is 11.2 Å². The first-order chi connectivity index (χ1) is 13.3. The largest absolute Gasteiger partial charge is 0.491 e. The normalized spacial score (nSPS) is 14.9. The van der Waals surface area contributed by atoms with Gasteiger partial charge in [0.25, 0.3) is 5.91 Å². The average molecular weight is 394 g/mol. The van der Waals surface area contributed by atoms with Gasteiger partial charge in [-0.15, -0.1) is 0 Å². The van der Waals surface area contributed by atoms with E-state index in [1.54, 1.807) is 0 Å². The molecular formula is C19H17F3N2O4. The zero-order valence-electron chi connectivity index (χ0n) is 14.6. The monoisotopic (exact) mass is 394 g/mol. The lowest BCUT2D eigenvalue weighted by atomic mass is 10.00. The van der Waals surface area contributed by atoms with E-state index in [9.17, 15) is 18.0 Å². The van der Waals surface area contributed by atoms with Gasteiger partial charge in [-0.3, -0.25) is 4.79 Å². The number of fused-ring (bicyclic) bond motifs is 2. The fourth-order valence-electron chi connectivity index (χ4n) is 2.91. The van der Waals surface area contributed by atoms with Crippen molar-refractivity contribution < 1.29 is 32.6 Å². The highest BCUT2D eigenvalue weighted by Gasteiger charge is 2.38. The maximum atomic E-state index is 11.9. The number of hydrogen-bond donors (Lipinski definition) is 3. The number of anilines is 1. The topological polar surface area (TPSA) is 87.7 Å². The molecule has 148 valence electrons. The van der Waals surface area contributed by atoms with Crippen LogP contribution in [0.1, 0.15) is 15.9 Å². The first kappa shape index (κ1) is 19.5. The van der Waals surface area contributed by atoms with E-state index in [-0.39, 0.29) is 5.91 Å². The van der Waals surface area contributed by atoms with Crippen LogP contribution in [0, 0.1) is 0 Å². The SMILES string of the molecule is O=C(O)C(F)(F)F.O=C1NCCOc2cc(-c3ccc4c(c3)CCN4)ccc21. The number of carbonyl (C=O) groups is 2. The molecule has 4 rings (SSSR count). The predicted molar refractivity (Wildman–Crippen MR) is 95.6 cm³/mol. The third kappa shape index (κ3) is 4.36. The first-order valence-electron chi connectivity index (χ1n) is 8.48. The van der Waals surface area contributed by atoms with E-state index in [0.29, 0.717) is 24.5 Å². The summed E-state index contributed by atoms with van der Waals surface area (Å²) in [7, 11) is 0. The summed E-state index contributed by atoms with van der Waals surface area (Å²) in [5.41, 5.74) is 5.43. The smallest absolute Gasteiger partial charge is 0.490 e. The second kappa shape index (κ2) is 7.79. The molecule has 0 unspecified atom stereocenters. The number of carboxylic acid groups (broad SMARTS) is 1. The number of rotatable bonds is 1. The van der Waals surface area contributed by atoms with Crippen molar-refractivity contribution in [1.82, 2.24) is 5.32 Å². The molecule has 0 aliphatic carbocycles. The molecule has 2 aliphatic heterocycles. The molecule has 2 aromatic carbocycles. The Kier molecular flexibility index (Phi) is 5.43. The molecule has 3 N–H and O–H groups in total. The van der Waals surface area contributed by atoms with Gasteiger partial charge in [-0.1, -0.05) is 12.1 Å². The third-order valence-corrected chi connectivity index (χ3v) is 4.26. The number of benzene rings is 2. The van der Waals surface area contributed by atoms with Crippen LogP contribution in [0.2, 0.25) is 0 Å². The molecule has 28 heavy (non-hydrogen) atoms. The van der Waals surface area contributed by atoms with E-state index in [1.165, 1.54) is 11.3 Å². The zero-order chi connectivity index (χ0) is 20.3. The van der Waals surface area contributed by atoms with Crippen LogP contribution in [0.15, 0.2) is 36.4 Å². The first-order valence-corrected chi connectivity index (χ1v) is 8.48. The van der Waals surface area contributed by atoms with E-state index >= 15 is 0 Å². The molecule has 0 saturated heterocycles. The Bertz CT molecular complexity index is 913. The lowest BCUT2D eigenvalue weighted by Crippen LogP contribution is -2.24. The lowest BCUT2D eigenvalue weighted by molar-refractivity contribution is -0.192. The van der Waals surface area contributed by atoms with Crippen molar-refractivity contribution in [3.8, 4) is 16.9 Å². The van der Waals surface area contributed by atoms with Gasteiger partial charge in [0.15, 0.2) is 0 Å². The van der Waals surface area contributed by atoms with Crippen LogP contribution in [0.3, 0.4) is 0 Å². The Hall–Kier alpha value is -3.23. The van der Waals surface area contributed by atoms with Crippen molar-refractivity contribution in [3.05, 3.63) is 47.5 Å².